The fourth-order valence-corrected chi connectivity index (χ4v) is 2.60. The van der Waals surface area contributed by atoms with Crippen LogP contribution in [0.1, 0.15) is 6.42 Å². The van der Waals surface area contributed by atoms with Crippen molar-refractivity contribution in [1.82, 2.24) is 15.5 Å². The van der Waals surface area contributed by atoms with Crippen LogP contribution >= 0.6 is 35.6 Å². The highest BCUT2D eigenvalue weighted by molar-refractivity contribution is 14.0. The molecule has 0 aliphatic carbocycles. The summed E-state index contributed by atoms with van der Waals surface area (Å²) in [6.45, 7) is 2.11. The van der Waals surface area contributed by atoms with Gasteiger partial charge in [0.2, 0.25) is 5.91 Å². The number of nitrogens with zero attached hydrogens (tertiary/aromatic N) is 3. The van der Waals surface area contributed by atoms with Crippen molar-refractivity contribution in [3.63, 3.8) is 0 Å². The molecule has 6 nitrogen and oxygen atoms in total. The summed E-state index contributed by atoms with van der Waals surface area (Å²) in [6.07, 6.45) is 1.02. The van der Waals surface area contributed by atoms with Crippen LogP contribution in [0.25, 0.3) is 0 Å². The van der Waals surface area contributed by atoms with Crippen LogP contribution in [0.5, 0.6) is 0 Å². The Balaban J connectivity index is 0.00000288. The molecule has 1 aromatic carbocycles. The topological polar surface area (TPSA) is 60.0 Å². The van der Waals surface area contributed by atoms with Gasteiger partial charge < -0.3 is 20.4 Å². The zero-order valence-corrected chi connectivity index (χ0v) is 17.3. The summed E-state index contributed by atoms with van der Waals surface area (Å²) < 4.78 is 0. The van der Waals surface area contributed by atoms with Gasteiger partial charge in [0.25, 0.3) is 0 Å². The second-order valence-electron chi connectivity index (χ2n) is 5.77. The van der Waals surface area contributed by atoms with E-state index in [1.165, 1.54) is 5.69 Å². The van der Waals surface area contributed by atoms with Crippen molar-refractivity contribution < 1.29 is 4.79 Å². The summed E-state index contributed by atoms with van der Waals surface area (Å²) in [4.78, 5) is 19.7. The van der Waals surface area contributed by atoms with Gasteiger partial charge in [0.1, 0.15) is 0 Å². The molecule has 0 aromatic heterocycles. The molecule has 1 heterocycles. The monoisotopic (exact) mass is 465 g/mol. The van der Waals surface area contributed by atoms with Crippen LogP contribution in [-0.2, 0) is 4.79 Å². The van der Waals surface area contributed by atoms with E-state index < -0.39 is 0 Å². The normalized spacial score (nSPS) is 17.2. The summed E-state index contributed by atoms with van der Waals surface area (Å²) in [5.74, 6) is 0.672. The van der Waals surface area contributed by atoms with Crippen LogP contribution in [0.4, 0.5) is 5.69 Å². The zero-order chi connectivity index (χ0) is 16.8. The second-order valence-corrected chi connectivity index (χ2v) is 6.20. The van der Waals surface area contributed by atoms with Crippen LogP contribution in [0, 0.1) is 0 Å². The van der Waals surface area contributed by atoms with E-state index in [4.69, 9.17) is 11.6 Å². The van der Waals surface area contributed by atoms with E-state index in [0.29, 0.717) is 12.0 Å². The van der Waals surface area contributed by atoms with Crippen LogP contribution in [0.15, 0.2) is 29.3 Å². The fourth-order valence-electron chi connectivity index (χ4n) is 2.47. The predicted octanol–water partition coefficient (Wildman–Crippen LogP) is 1.79. The average molecular weight is 466 g/mol. The highest BCUT2D eigenvalue weighted by Crippen LogP contribution is 2.22. The summed E-state index contributed by atoms with van der Waals surface area (Å²) in [7, 11) is 5.18. The Kier molecular flexibility index (Phi) is 8.61. The minimum atomic E-state index is 0. The van der Waals surface area contributed by atoms with Crippen molar-refractivity contribution >= 4 is 53.1 Å². The number of anilines is 1. The first-order valence-corrected chi connectivity index (χ1v) is 8.05. The van der Waals surface area contributed by atoms with E-state index in [-0.39, 0.29) is 36.4 Å². The fraction of sp³-hybridized carbons (Fsp3) is 0.500. The number of aliphatic imine (C=N–C) groups is 1. The molecule has 134 valence electrons. The predicted molar refractivity (Wildman–Crippen MR) is 111 cm³/mol. The van der Waals surface area contributed by atoms with E-state index in [2.05, 4.69) is 20.5 Å². The SMILES string of the molecule is CN=C(NCC(=O)N(C)C)NC1CCN(c2ccc(Cl)cc2)C1.I. The minimum Gasteiger partial charge on any atom is -0.369 e. The number of hydrogen-bond donors (Lipinski definition) is 2. The molecule has 2 rings (SSSR count). The third kappa shape index (κ3) is 6.01. The Bertz CT molecular complexity index is 564. The van der Waals surface area contributed by atoms with Crippen LogP contribution in [-0.4, -0.2) is 63.6 Å². The molecule has 0 radical (unpaired) electrons. The third-order valence-electron chi connectivity index (χ3n) is 3.85. The lowest BCUT2D eigenvalue weighted by Gasteiger charge is -2.20. The van der Waals surface area contributed by atoms with Gasteiger partial charge in [-0.05, 0) is 30.7 Å². The molecule has 1 aliphatic heterocycles. The molecule has 1 atom stereocenters. The second kappa shape index (κ2) is 9.93. The smallest absolute Gasteiger partial charge is 0.241 e. The highest BCUT2D eigenvalue weighted by Gasteiger charge is 2.23. The van der Waals surface area contributed by atoms with Crippen LogP contribution in [0.3, 0.4) is 0 Å². The third-order valence-corrected chi connectivity index (χ3v) is 4.10. The van der Waals surface area contributed by atoms with E-state index in [1.807, 2.05) is 24.3 Å². The molecule has 1 aliphatic rings. The first-order chi connectivity index (χ1) is 11.0. The molecule has 24 heavy (non-hydrogen) atoms. The molecule has 1 amide bonds. The van der Waals surface area contributed by atoms with Gasteiger partial charge in [-0.3, -0.25) is 9.79 Å². The lowest BCUT2D eigenvalue weighted by molar-refractivity contribution is -0.127. The maximum atomic E-state index is 11.6. The van der Waals surface area contributed by atoms with Crippen molar-refractivity contribution in [3.8, 4) is 0 Å². The lowest BCUT2D eigenvalue weighted by Crippen LogP contribution is -2.47. The van der Waals surface area contributed by atoms with Crippen molar-refractivity contribution in [2.75, 3.05) is 45.7 Å². The van der Waals surface area contributed by atoms with Gasteiger partial charge >= 0.3 is 0 Å². The lowest BCUT2D eigenvalue weighted by atomic mass is 10.3. The molecular formula is C16H25ClIN5O. The maximum Gasteiger partial charge on any atom is 0.241 e. The van der Waals surface area contributed by atoms with Crippen molar-refractivity contribution in [3.05, 3.63) is 29.3 Å². The maximum absolute atomic E-state index is 11.6. The van der Waals surface area contributed by atoms with Gasteiger partial charge in [0.15, 0.2) is 5.96 Å². The molecule has 0 saturated carbocycles. The molecule has 1 unspecified atom stereocenters. The number of carbonyl (C=O) groups excluding carboxylic acids is 1. The molecule has 0 spiro atoms. The van der Waals surface area contributed by atoms with Crippen molar-refractivity contribution in [2.45, 2.75) is 12.5 Å². The van der Waals surface area contributed by atoms with Gasteiger partial charge in [-0.1, -0.05) is 11.6 Å². The molecular weight excluding hydrogens is 441 g/mol. The number of benzene rings is 1. The van der Waals surface area contributed by atoms with Gasteiger partial charge in [-0.15, -0.1) is 24.0 Å². The number of carbonyl (C=O) groups is 1. The van der Waals surface area contributed by atoms with Crippen LogP contribution < -0.4 is 15.5 Å². The number of halogens is 2. The van der Waals surface area contributed by atoms with E-state index in [9.17, 15) is 4.79 Å². The van der Waals surface area contributed by atoms with Crippen molar-refractivity contribution in [1.29, 1.82) is 0 Å². The summed E-state index contributed by atoms with van der Waals surface area (Å²) in [5, 5.41) is 7.17. The van der Waals surface area contributed by atoms with E-state index in [0.717, 1.165) is 24.5 Å². The van der Waals surface area contributed by atoms with Gasteiger partial charge in [0, 0.05) is 51.0 Å². The Morgan fingerprint density at radius 3 is 2.62 bits per heavy atom. The largest absolute Gasteiger partial charge is 0.369 e. The molecule has 0 bridgehead atoms. The number of guanidine groups is 1. The highest BCUT2D eigenvalue weighted by atomic mass is 127. The summed E-state index contributed by atoms with van der Waals surface area (Å²) in [5.41, 5.74) is 1.17. The number of hydrogen-bond acceptors (Lipinski definition) is 3. The quantitative estimate of drug-likeness (QED) is 0.404. The molecule has 8 heteroatoms. The minimum absolute atomic E-state index is 0. The number of rotatable bonds is 4. The average Bonchev–Trinajstić information content (AvgIpc) is 3.00. The van der Waals surface area contributed by atoms with Gasteiger partial charge in [-0.2, -0.15) is 0 Å². The number of amides is 1. The Morgan fingerprint density at radius 1 is 1.38 bits per heavy atom. The first kappa shape index (κ1) is 20.8. The van der Waals surface area contributed by atoms with Crippen molar-refractivity contribution in [2.24, 2.45) is 4.99 Å². The Hall–Kier alpha value is -1.22. The standard InChI is InChI=1S/C16H24ClN5O.HI/c1-18-16(19-10-15(23)21(2)3)20-13-8-9-22(11-13)14-6-4-12(17)5-7-14;/h4-7,13H,8-11H2,1-3H3,(H2,18,19,20);1H. The Labute approximate surface area is 165 Å². The zero-order valence-electron chi connectivity index (χ0n) is 14.3. The van der Waals surface area contributed by atoms with Gasteiger partial charge in [0.05, 0.1) is 6.54 Å². The van der Waals surface area contributed by atoms with Gasteiger partial charge in [-0.25, -0.2) is 0 Å². The number of likely N-dealkylation sites (N-methyl/N-ethyl adjacent to an activating group) is 1. The Morgan fingerprint density at radius 2 is 2.04 bits per heavy atom. The first-order valence-electron chi connectivity index (χ1n) is 7.67. The molecule has 1 aromatic rings. The number of nitrogens with one attached hydrogen (secondary N) is 2. The van der Waals surface area contributed by atoms with Crippen LogP contribution in [0.2, 0.25) is 5.02 Å². The van der Waals surface area contributed by atoms with E-state index >= 15 is 0 Å². The molecule has 1 fully saturated rings. The molecule has 1 saturated heterocycles. The summed E-state index contributed by atoms with van der Waals surface area (Å²) >= 11 is 5.93. The molecule has 2 N–H and O–H groups in total. The van der Waals surface area contributed by atoms with E-state index in [1.54, 1.807) is 26.0 Å². The summed E-state index contributed by atoms with van der Waals surface area (Å²) in [6, 6.07) is 8.18.